The smallest absolute Gasteiger partial charge is 0.355 e. The predicted molar refractivity (Wildman–Crippen MR) is 86.3 cm³/mol. The van der Waals surface area contributed by atoms with Crippen molar-refractivity contribution in [2.24, 2.45) is 5.92 Å². The first-order valence-electron chi connectivity index (χ1n) is 7.64. The summed E-state index contributed by atoms with van der Waals surface area (Å²) in [5, 5.41) is 0. The van der Waals surface area contributed by atoms with Crippen molar-refractivity contribution in [3.05, 3.63) is 54.0 Å². The largest absolute Gasteiger partial charge is 0.461 e. The third kappa shape index (κ3) is 3.11. The van der Waals surface area contributed by atoms with Gasteiger partial charge in [-0.15, -0.1) is 0 Å². The number of esters is 1. The molecule has 3 aromatic heterocycles. The van der Waals surface area contributed by atoms with Gasteiger partial charge in [-0.1, -0.05) is 13.0 Å². The lowest BCUT2D eigenvalue weighted by Gasteiger charge is -2.14. The Kier molecular flexibility index (Phi) is 4.14. The number of fused-ring (bicyclic) bond motifs is 1. The van der Waals surface area contributed by atoms with Gasteiger partial charge in [0.2, 0.25) is 0 Å². The van der Waals surface area contributed by atoms with E-state index in [-0.39, 0.29) is 11.9 Å². The molecular weight excluding hydrogens is 292 g/mol. The third-order valence-corrected chi connectivity index (χ3v) is 3.85. The minimum Gasteiger partial charge on any atom is -0.461 e. The zero-order valence-corrected chi connectivity index (χ0v) is 13.6. The van der Waals surface area contributed by atoms with Crippen LogP contribution in [0.2, 0.25) is 0 Å². The first kappa shape index (κ1) is 15.3. The zero-order valence-electron chi connectivity index (χ0n) is 13.6. The summed E-state index contributed by atoms with van der Waals surface area (Å²) in [5.74, 6) is 0.836. The summed E-state index contributed by atoms with van der Waals surface area (Å²) in [5.41, 5.74) is 2.16. The Bertz CT molecular complexity index is 834. The predicted octanol–water partition coefficient (Wildman–Crippen LogP) is 2.64. The maximum atomic E-state index is 12.4. The lowest BCUT2D eigenvalue weighted by molar-refractivity contribution is 0.0429. The highest BCUT2D eigenvalue weighted by molar-refractivity contribution is 5.88. The normalized spacial score (nSPS) is 12.5. The number of pyridine rings is 1. The van der Waals surface area contributed by atoms with E-state index < -0.39 is 0 Å². The number of carbonyl (C=O) groups is 1. The van der Waals surface area contributed by atoms with Gasteiger partial charge in [0.25, 0.3) is 0 Å². The van der Waals surface area contributed by atoms with E-state index in [2.05, 4.69) is 21.5 Å². The van der Waals surface area contributed by atoms with Crippen LogP contribution in [-0.4, -0.2) is 31.5 Å². The Morgan fingerprint density at radius 1 is 1.30 bits per heavy atom. The number of aryl methyl sites for hydroxylation is 2. The second-order valence-electron chi connectivity index (χ2n) is 5.83. The Balaban J connectivity index is 1.67. The molecule has 0 N–H and O–H groups in total. The molecule has 3 heterocycles. The Hall–Kier alpha value is -2.63. The number of carbonyl (C=O) groups excluding carboxylic acids is 1. The standard InChI is InChI=1S/C17H20N4O2/c1-12(10-20-8-7-18-14(20)3)11-23-17(22)15-5-4-6-16-19-9-13(2)21(15)16/h4-9,12H,10-11H2,1-3H3. The molecule has 0 aliphatic heterocycles. The van der Waals surface area contributed by atoms with E-state index in [0.29, 0.717) is 12.3 Å². The van der Waals surface area contributed by atoms with Gasteiger partial charge in [0.1, 0.15) is 17.2 Å². The fraction of sp³-hybridized carbons (Fsp3) is 0.353. The van der Waals surface area contributed by atoms with Gasteiger partial charge in [-0.05, 0) is 26.0 Å². The molecule has 3 rings (SSSR count). The first-order chi connectivity index (χ1) is 11.1. The molecule has 0 amide bonds. The molecule has 120 valence electrons. The molecule has 0 aromatic carbocycles. The topological polar surface area (TPSA) is 61.4 Å². The number of imidazole rings is 2. The molecular formula is C17H20N4O2. The molecule has 0 aliphatic carbocycles. The van der Waals surface area contributed by atoms with E-state index in [1.165, 1.54) is 0 Å². The fourth-order valence-corrected chi connectivity index (χ4v) is 2.62. The van der Waals surface area contributed by atoms with Crippen LogP contribution in [0.4, 0.5) is 0 Å². The number of aromatic nitrogens is 4. The molecule has 6 heteroatoms. The molecule has 0 aliphatic rings. The van der Waals surface area contributed by atoms with Crippen LogP contribution < -0.4 is 0 Å². The van der Waals surface area contributed by atoms with Gasteiger partial charge in [-0.2, -0.15) is 0 Å². The van der Waals surface area contributed by atoms with Crippen molar-refractivity contribution in [3.8, 4) is 0 Å². The molecule has 0 radical (unpaired) electrons. The molecule has 6 nitrogen and oxygen atoms in total. The minimum atomic E-state index is -0.328. The molecule has 1 unspecified atom stereocenters. The van der Waals surface area contributed by atoms with E-state index in [9.17, 15) is 4.79 Å². The minimum absolute atomic E-state index is 0.204. The summed E-state index contributed by atoms with van der Waals surface area (Å²) in [4.78, 5) is 20.8. The quantitative estimate of drug-likeness (QED) is 0.680. The molecule has 0 saturated carbocycles. The van der Waals surface area contributed by atoms with Crippen LogP contribution in [0.5, 0.6) is 0 Å². The van der Waals surface area contributed by atoms with Crippen molar-refractivity contribution >= 4 is 11.6 Å². The van der Waals surface area contributed by atoms with Crippen LogP contribution >= 0.6 is 0 Å². The maximum absolute atomic E-state index is 12.4. The average molecular weight is 312 g/mol. The highest BCUT2D eigenvalue weighted by atomic mass is 16.5. The number of rotatable bonds is 5. The van der Waals surface area contributed by atoms with Crippen molar-refractivity contribution in [3.63, 3.8) is 0 Å². The number of hydrogen-bond donors (Lipinski definition) is 0. The van der Waals surface area contributed by atoms with Crippen LogP contribution in [0.15, 0.2) is 36.8 Å². The molecule has 1 atom stereocenters. The highest BCUT2D eigenvalue weighted by Crippen LogP contribution is 2.12. The highest BCUT2D eigenvalue weighted by Gasteiger charge is 2.15. The lowest BCUT2D eigenvalue weighted by atomic mass is 10.2. The third-order valence-electron chi connectivity index (χ3n) is 3.85. The zero-order chi connectivity index (χ0) is 16.4. The summed E-state index contributed by atoms with van der Waals surface area (Å²) in [6.45, 7) is 7.06. The Morgan fingerprint density at radius 3 is 2.87 bits per heavy atom. The summed E-state index contributed by atoms with van der Waals surface area (Å²) in [6.07, 6.45) is 5.45. The van der Waals surface area contributed by atoms with Crippen LogP contribution in [-0.2, 0) is 11.3 Å². The molecule has 0 fully saturated rings. The molecule has 0 saturated heterocycles. The number of ether oxygens (including phenoxy) is 1. The van der Waals surface area contributed by atoms with E-state index in [0.717, 1.165) is 23.7 Å². The summed E-state index contributed by atoms with van der Waals surface area (Å²) in [6, 6.07) is 5.44. The van der Waals surface area contributed by atoms with Crippen molar-refractivity contribution < 1.29 is 9.53 Å². The number of nitrogens with zero attached hydrogens (tertiary/aromatic N) is 4. The molecule has 23 heavy (non-hydrogen) atoms. The first-order valence-corrected chi connectivity index (χ1v) is 7.64. The van der Waals surface area contributed by atoms with Crippen LogP contribution in [0.3, 0.4) is 0 Å². The Labute approximate surface area is 134 Å². The maximum Gasteiger partial charge on any atom is 0.355 e. The van der Waals surface area contributed by atoms with Crippen LogP contribution in [0.25, 0.3) is 5.65 Å². The summed E-state index contributed by atoms with van der Waals surface area (Å²) < 4.78 is 9.36. The van der Waals surface area contributed by atoms with E-state index in [4.69, 9.17) is 4.74 Å². The van der Waals surface area contributed by atoms with Gasteiger partial charge in [0, 0.05) is 36.7 Å². The summed E-state index contributed by atoms with van der Waals surface area (Å²) >= 11 is 0. The lowest BCUT2D eigenvalue weighted by Crippen LogP contribution is -2.18. The molecule has 0 bridgehead atoms. The second-order valence-corrected chi connectivity index (χ2v) is 5.83. The van der Waals surface area contributed by atoms with Gasteiger partial charge in [-0.25, -0.2) is 14.8 Å². The van der Waals surface area contributed by atoms with Crippen LogP contribution in [0, 0.1) is 19.8 Å². The van der Waals surface area contributed by atoms with Crippen molar-refractivity contribution in [1.82, 2.24) is 18.9 Å². The van der Waals surface area contributed by atoms with Gasteiger partial charge >= 0.3 is 5.97 Å². The second kappa shape index (κ2) is 6.24. The van der Waals surface area contributed by atoms with E-state index >= 15 is 0 Å². The van der Waals surface area contributed by atoms with Gasteiger partial charge in [0.05, 0.1) is 6.61 Å². The number of hydrogen-bond acceptors (Lipinski definition) is 4. The SMILES string of the molecule is Cc1nccn1CC(C)COC(=O)c1cccc2ncc(C)n12. The van der Waals surface area contributed by atoms with E-state index in [1.54, 1.807) is 18.5 Å². The van der Waals surface area contributed by atoms with Crippen LogP contribution in [0.1, 0.15) is 28.9 Å². The monoisotopic (exact) mass is 312 g/mol. The van der Waals surface area contributed by atoms with Crippen molar-refractivity contribution in [1.29, 1.82) is 0 Å². The fourth-order valence-electron chi connectivity index (χ4n) is 2.62. The average Bonchev–Trinajstić information content (AvgIpc) is 3.11. The molecule has 3 aromatic rings. The Morgan fingerprint density at radius 2 is 2.13 bits per heavy atom. The summed E-state index contributed by atoms with van der Waals surface area (Å²) in [7, 11) is 0. The van der Waals surface area contributed by atoms with Gasteiger partial charge < -0.3 is 9.30 Å². The molecule has 0 spiro atoms. The van der Waals surface area contributed by atoms with Crippen molar-refractivity contribution in [2.45, 2.75) is 27.3 Å². The van der Waals surface area contributed by atoms with Gasteiger partial charge in [-0.3, -0.25) is 4.40 Å². The van der Waals surface area contributed by atoms with Crippen molar-refractivity contribution in [2.75, 3.05) is 6.61 Å². The van der Waals surface area contributed by atoms with E-state index in [1.807, 2.05) is 36.6 Å². The van der Waals surface area contributed by atoms with Gasteiger partial charge in [0.15, 0.2) is 0 Å².